The summed E-state index contributed by atoms with van der Waals surface area (Å²) in [5, 5.41) is 9.62. The van der Waals surface area contributed by atoms with Gasteiger partial charge in [0, 0.05) is 12.8 Å². The van der Waals surface area contributed by atoms with Crippen LogP contribution < -0.4 is 0 Å². The first-order valence-electron chi connectivity index (χ1n) is 29.0. The highest BCUT2D eigenvalue weighted by Gasteiger charge is 2.16. The zero-order chi connectivity index (χ0) is 47.0. The van der Waals surface area contributed by atoms with E-state index in [2.05, 4.69) is 50.3 Å². The summed E-state index contributed by atoms with van der Waals surface area (Å²) in [7, 11) is 0. The van der Waals surface area contributed by atoms with Gasteiger partial charge in [-0.05, 0) is 70.6 Å². The van der Waals surface area contributed by atoms with Crippen molar-refractivity contribution in [3.63, 3.8) is 0 Å². The van der Waals surface area contributed by atoms with Crippen molar-refractivity contribution in [3.8, 4) is 0 Å². The molecule has 0 radical (unpaired) electrons. The molecule has 0 aromatic carbocycles. The number of allylic oxidation sites excluding steroid dienone is 6. The zero-order valence-corrected chi connectivity index (χ0v) is 43.8. The normalized spacial score (nSPS) is 12.4. The minimum atomic E-state index is -0.772. The average molecular weight is 914 g/mol. The van der Waals surface area contributed by atoms with E-state index in [0.29, 0.717) is 12.8 Å². The summed E-state index contributed by atoms with van der Waals surface area (Å²) in [6.45, 7) is 4.14. The van der Waals surface area contributed by atoms with E-state index in [9.17, 15) is 14.7 Å². The molecule has 1 atom stereocenters. The molecule has 0 heterocycles. The van der Waals surface area contributed by atoms with Crippen LogP contribution in [0, 0.1) is 0 Å². The Hall–Kier alpha value is -1.88. The maximum atomic E-state index is 12.3. The van der Waals surface area contributed by atoms with Crippen LogP contribution in [0.15, 0.2) is 36.5 Å². The van der Waals surface area contributed by atoms with Crippen LogP contribution in [-0.2, 0) is 19.1 Å². The van der Waals surface area contributed by atoms with Crippen LogP contribution in [0.3, 0.4) is 0 Å². The number of aliphatic hydroxyl groups excluding tert-OH is 1. The summed E-state index contributed by atoms with van der Waals surface area (Å²) in [4.78, 5) is 24.4. The van der Waals surface area contributed by atoms with Crippen LogP contribution in [0.2, 0.25) is 0 Å². The molecule has 65 heavy (non-hydrogen) atoms. The number of hydrogen-bond donors (Lipinski definition) is 1. The van der Waals surface area contributed by atoms with Gasteiger partial charge in [-0.2, -0.15) is 0 Å². The third-order valence-corrected chi connectivity index (χ3v) is 13.2. The largest absolute Gasteiger partial charge is 0.462 e. The number of carbonyl (C=O) groups is 2. The first-order chi connectivity index (χ1) is 32.1. The molecule has 0 aliphatic carbocycles. The first-order valence-corrected chi connectivity index (χ1v) is 29.0. The lowest BCUT2D eigenvalue weighted by molar-refractivity contribution is -0.161. The van der Waals surface area contributed by atoms with E-state index < -0.39 is 6.10 Å². The molecule has 0 saturated heterocycles. The number of unbranched alkanes of at least 4 members (excludes halogenated alkanes) is 40. The summed E-state index contributed by atoms with van der Waals surface area (Å²) in [5.41, 5.74) is 0. The second-order valence-corrected chi connectivity index (χ2v) is 19.7. The van der Waals surface area contributed by atoms with Crippen LogP contribution in [0.1, 0.15) is 316 Å². The SMILES string of the molecule is CCCCCCC/C=C\C/C=C\CCCCCCCCCCCCCCCCCCCCCCCCCCCC(=O)OC(CO)COC(=O)CCCCCCC/C=C\CCCCCCC. The molecule has 0 spiro atoms. The summed E-state index contributed by atoms with van der Waals surface area (Å²) in [6.07, 6.45) is 72.9. The van der Waals surface area contributed by atoms with E-state index in [0.717, 1.165) is 51.4 Å². The van der Waals surface area contributed by atoms with Gasteiger partial charge >= 0.3 is 11.9 Å². The molecule has 0 aromatic heterocycles. The average Bonchev–Trinajstić information content (AvgIpc) is 3.31. The molecule has 0 saturated carbocycles. The Morgan fingerprint density at radius 1 is 0.354 bits per heavy atom. The van der Waals surface area contributed by atoms with Crippen LogP contribution in [0.25, 0.3) is 0 Å². The lowest BCUT2D eigenvalue weighted by Gasteiger charge is -2.15. The van der Waals surface area contributed by atoms with Crippen molar-refractivity contribution in [2.75, 3.05) is 13.2 Å². The fraction of sp³-hybridized carbons (Fsp3) is 0.867. The van der Waals surface area contributed by atoms with E-state index in [4.69, 9.17) is 9.47 Å². The fourth-order valence-corrected chi connectivity index (χ4v) is 8.76. The Kier molecular flexibility index (Phi) is 54.8. The van der Waals surface area contributed by atoms with Crippen molar-refractivity contribution in [3.05, 3.63) is 36.5 Å². The summed E-state index contributed by atoms with van der Waals surface area (Å²) in [5.74, 6) is -0.586. The van der Waals surface area contributed by atoms with Gasteiger partial charge in [-0.15, -0.1) is 0 Å². The molecule has 1 N–H and O–H groups in total. The lowest BCUT2D eigenvalue weighted by Crippen LogP contribution is -2.28. The zero-order valence-electron chi connectivity index (χ0n) is 43.8. The Bertz CT molecular complexity index is 1030. The minimum Gasteiger partial charge on any atom is -0.462 e. The second kappa shape index (κ2) is 56.4. The predicted octanol–water partition coefficient (Wildman–Crippen LogP) is 19.5. The molecule has 0 aromatic rings. The van der Waals surface area contributed by atoms with Gasteiger partial charge in [0.05, 0.1) is 6.61 Å². The van der Waals surface area contributed by atoms with Crippen LogP contribution >= 0.6 is 0 Å². The number of hydrogen-bond acceptors (Lipinski definition) is 5. The van der Waals surface area contributed by atoms with Gasteiger partial charge in [-0.25, -0.2) is 0 Å². The molecule has 0 aliphatic rings. The monoisotopic (exact) mass is 913 g/mol. The molecule has 0 fully saturated rings. The summed E-state index contributed by atoms with van der Waals surface area (Å²) < 4.78 is 10.7. The van der Waals surface area contributed by atoms with Gasteiger partial charge in [0.2, 0.25) is 0 Å². The van der Waals surface area contributed by atoms with Gasteiger partial charge in [0.15, 0.2) is 6.10 Å². The predicted molar refractivity (Wildman–Crippen MR) is 284 cm³/mol. The van der Waals surface area contributed by atoms with Gasteiger partial charge in [-0.3, -0.25) is 9.59 Å². The van der Waals surface area contributed by atoms with Crippen molar-refractivity contribution in [2.24, 2.45) is 0 Å². The van der Waals surface area contributed by atoms with Crippen molar-refractivity contribution in [1.82, 2.24) is 0 Å². The molecule has 0 bridgehead atoms. The highest BCUT2D eigenvalue weighted by Crippen LogP contribution is 2.17. The van der Waals surface area contributed by atoms with E-state index in [1.807, 2.05) is 0 Å². The highest BCUT2D eigenvalue weighted by atomic mass is 16.6. The van der Waals surface area contributed by atoms with E-state index in [1.54, 1.807) is 0 Å². The molecule has 5 nitrogen and oxygen atoms in total. The summed E-state index contributed by atoms with van der Waals surface area (Å²) >= 11 is 0. The van der Waals surface area contributed by atoms with Crippen LogP contribution in [-0.4, -0.2) is 36.4 Å². The standard InChI is InChI=1S/C60H112O5/c1-3-5-7-9-11-13-15-17-19-20-21-22-23-24-25-26-27-28-29-30-31-32-33-34-35-36-37-38-39-40-41-43-45-47-49-51-53-55-60(63)65-58(56-61)57-64-59(62)54-52-50-48-46-44-42-18-16-14-12-10-8-6-4-2/h15-18,20-21,58,61H,3-14,19,22-57H2,1-2H3/b17-15-,18-16-,21-20-. The number of ether oxygens (including phenoxy) is 2. The van der Waals surface area contributed by atoms with Crippen molar-refractivity contribution >= 4 is 11.9 Å². The Labute approximate surface area is 406 Å². The maximum absolute atomic E-state index is 12.3. The Balaban J connectivity index is 3.37. The summed E-state index contributed by atoms with van der Waals surface area (Å²) in [6, 6.07) is 0. The molecular weight excluding hydrogens is 801 g/mol. The Morgan fingerprint density at radius 3 is 0.923 bits per heavy atom. The molecule has 5 heteroatoms. The molecule has 382 valence electrons. The third-order valence-electron chi connectivity index (χ3n) is 13.2. The van der Waals surface area contributed by atoms with Gasteiger partial charge in [0.1, 0.15) is 6.61 Å². The topological polar surface area (TPSA) is 72.8 Å². The van der Waals surface area contributed by atoms with Crippen molar-refractivity contribution in [2.45, 2.75) is 322 Å². The number of carbonyl (C=O) groups excluding carboxylic acids is 2. The lowest BCUT2D eigenvalue weighted by atomic mass is 10.0. The maximum Gasteiger partial charge on any atom is 0.306 e. The van der Waals surface area contributed by atoms with Crippen molar-refractivity contribution in [1.29, 1.82) is 0 Å². The van der Waals surface area contributed by atoms with Gasteiger partial charge in [-0.1, -0.05) is 269 Å². The van der Waals surface area contributed by atoms with E-state index in [1.165, 1.54) is 238 Å². The number of aliphatic hydroxyl groups is 1. The molecule has 1 unspecified atom stereocenters. The quantitative estimate of drug-likeness (QED) is 0.0374. The van der Waals surface area contributed by atoms with Gasteiger partial charge in [0.25, 0.3) is 0 Å². The van der Waals surface area contributed by atoms with Crippen molar-refractivity contribution < 1.29 is 24.2 Å². The van der Waals surface area contributed by atoms with E-state index >= 15 is 0 Å². The number of rotatable bonds is 54. The van der Waals surface area contributed by atoms with Crippen LogP contribution in [0.5, 0.6) is 0 Å². The number of esters is 2. The van der Waals surface area contributed by atoms with E-state index in [-0.39, 0.29) is 25.2 Å². The Morgan fingerprint density at radius 2 is 0.615 bits per heavy atom. The molecular formula is C60H112O5. The second-order valence-electron chi connectivity index (χ2n) is 19.7. The fourth-order valence-electron chi connectivity index (χ4n) is 8.76. The van der Waals surface area contributed by atoms with Gasteiger partial charge < -0.3 is 14.6 Å². The third kappa shape index (κ3) is 54.6. The first kappa shape index (κ1) is 63.1. The smallest absolute Gasteiger partial charge is 0.306 e. The molecule has 0 rings (SSSR count). The highest BCUT2D eigenvalue weighted by molar-refractivity contribution is 5.70. The molecule has 0 aliphatic heterocycles. The molecule has 0 amide bonds. The minimum absolute atomic E-state index is 0.0655. The van der Waals surface area contributed by atoms with Crippen LogP contribution in [0.4, 0.5) is 0 Å².